The summed E-state index contributed by atoms with van der Waals surface area (Å²) in [6, 6.07) is 1.60. The maximum absolute atomic E-state index is 14.2. The highest BCUT2D eigenvalue weighted by Gasteiger charge is 2.32. The maximum Gasteiger partial charge on any atom is 0.246 e. The summed E-state index contributed by atoms with van der Waals surface area (Å²) >= 11 is 5.48. The van der Waals surface area contributed by atoms with Crippen LogP contribution in [0.15, 0.2) is 17.0 Å². The fourth-order valence-corrected chi connectivity index (χ4v) is 4.05. The Bertz CT molecular complexity index is 618. The Balaban J connectivity index is 2.39. The fraction of sp³-hybridized carbons (Fsp3) is 0.538. The van der Waals surface area contributed by atoms with Crippen molar-refractivity contribution in [2.24, 2.45) is 0 Å². The van der Waals surface area contributed by atoms with Crippen LogP contribution in [0.3, 0.4) is 0 Å². The van der Waals surface area contributed by atoms with Gasteiger partial charge >= 0.3 is 0 Å². The van der Waals surface area contributed by atoms with E-state index in [0.29, 0.717) is 26.1 Å². The number of rotatable bonds is 4. The minimum Gasteiger partial charge on any atom is -0.381 e. The van der Waals surface area contributed by atoms with Crippen LogP contribution in [0.5, 0.6) is 0 Å². The molecule has 0 spiro atoms. The Morgan fingerprint density at radius 1 is 1.33 bits per heavy atom. The van der Waals surface area contributed by atoms with Gasteiger partial charge in [-0.1, -0.05) is 0 Å². The van der Waals surface area contributed by atoms with Crippen LogP contribution in [-0.2, 0) is 20.6 Å². The zero-order chi connectivity index (χ0) is 15.6. The first kappa shape index (κ1) is 16.6. The molecular formula is C13H16ClF2NO3S. The van der Waals surface area contributed by atoms with Crippen molar-refractivity contribution in [2.75, 3.05) is 20.3 Å². The van der Waals surface area contributed by atoms with Crippen LogP contribution >= 0.6 is 11.6 Å². The molecular weight excluding hydrogens is 324 g/mol. The monoisotopic (exact) mass is 339 g/mol. The van der Waals surface area contributed by atoms with Gasteiger partial charge in [0, 0.05) is 31.9 Å². The van der Waals surface area contributed by atoms with E-state index in [2.05, 4.69) is 0 Å². The van der Waals surface area contributed by atoms with Crippen molar-refractivity contribution in [2.45, 2.75) is 29.7 Å². The van der Waals surface area contributed by atoms with Gasteiger partial charge in [-0.2, -0.15) is 4.31 Å². The van der Waals surface area contributed by atoms with E-state index in [-0.39, 0.29) is 6.04 Å². The smallest absolute Gasteiger partial charge is 0.246 e. The molecule has 0 aromatic heterocycles. The molecule has 0 N–H and O–H groups in total. The van der Waals surface area contributed by atoms with E-state index in [4.69, 9.17) is 16.3 Å². The molecule has 21 heavy (non-hydrogen) atoms. The van der Waals surface area contributed by atoms with Gasteiger partial charge in [0.2, 0.25) is 10.0 Å². The van der Waals surface area contributed by atoms with Crippen LogP contribution in [0.4, 0.5) is 8.78 Å². The molecule has 4 nitrogen and oxygen atoms in total. The van der Waals surface area contributed by atoms with E-state index >= 15 is 0 Å². The number of halogens is 3. The fourth-order valence-electron chi connectivity index (χ4n) is 2.30. The molecule has 8 heteroatoms. The van der Waals surface area contributed by atoms with E-state index in [9.17, 15) is 17.2 Å². The van der Waals surface area contributed by atoms with Crippen LogP contribution in [-0.4, -0.2) is 39.0 Å². The van der Waals surface area contributed by atoms with Crippen molar-refractivity contribution >= 4 is 21.6 Å². The Morgan fingerprint density at radius 2 is 1.95 bits per heavy atom. The number of ether oxygens (including phenoxy) is 1. The Kier molecular flexibility index (Phi) is 5.19. The lowest BCUT2D eigenvalue weighted by molar-refractivity contribution is 0.0631. The summed E-state index contributed by atoms with van der Waals surface area (Å²) in [5.74, 6) is -2.40. The van der Waals surface area contributed by atoms with Crippen LogP contribution < -0.4 is 0 Å². The Labute approximate surface area is 127 Å². The van der Waals surface area contributed by atoms with E-state index in [1.807, 2.05) is 0 Å². The van der Waals surface area contributed by atoms with Crippen molar-refractivity contribution < 1.29 is 21.9 Å². The second-order valence-electron chi connectivity index (χ2n) is 4.84. The normalized spacial score (nSPS) is 17.4. The summed E-state index contributed by atoms with van der Waals surface area (Å²) in [5.41, 5.74) is -0.432. The van der Waals surface area contributed by atoms with Crippen molar-refractivity contribution in [3.05, 3.63) is 29.3 Å². The predicted octanol–water partition coefficient (Wildman–Crippen LogP) is 2.50. The summed E-state index contributed by atoms with van der Waals surface area (Å²) < 4.78 is 59.0. The molecule has 1 aromatic carbocycles. The Hall–Kier alpha value is -0.760. The van der Waals surface area contributed by atoms with Crippen molar-refractivity contribution in [3.63, 3.8) is 0 Å². The van der Waals surface area contributed by atoms with Gasteiger partial charge in [0.15, 0.2) is 5.82 Å². The van der Waals surface area contributed by atoms with Gasteiger partial charge in [0.05, 0.1) is 5.88 Å². The highest BCUT2D eigenvalue weighted by Crippen LogP contribution is 2.27. The average Bonchev–Trinajstić information content (AvgIpc) is 2.47. The van der Waals surface area contributed by atoms with E-state index < -0.39 is 38.0 Å². The van der Waals surface area contributed by atoms with Crippen LogP contribution in [0.1, 0.15) is 18.4 Å². The molecule has 0 unspecified atom stereocenters. The lowest BCUT2D eigenvalue weighted by Crippen LogP contribution is -2.40. The lowest BCUT2D eigenvalue weighted by Gasteiger charge is -2.30. The first-order chi connectivity index (χ1) is 9.89. The highest BCUT2D eigenvalue weighted by atomic mass is 35.5. The molecule has 1 aromatic rings. The molecule has 1 fully saturated rings. The largest absolute Gasteiger partial charge is 0.381 e. The lowest BCUT2D eigenvalue weighted by atomic mass is 10.1. The molecule has 0 radical (unpaired) electrons. The second kappa shape index (κ2) is 6.56. The topological polar surface area (TPSA) is 46.6 Å². The first-order valence-electron chi connectivity index (χ1n) is 6.48. The second-order valence-corrected chi connectivity index (χ2v) is 7.07. The zero-order valence-electron chi connectivity index (χ0n) is 11.5. The number of sulfonamides is 1. The van der Waals surface area contributed by atoms with Gasteiger partial charge in [-0.05, 0) is 25.0 Å². The highest BCUT2D eigenvalue weighted by molar-refractivity contribution is 7.89. The zero-order valence-corrected chi connectivity index (χ0v) is 13.1. The van der Waals surface area contributed by atoms with Crippen LogP contribution in [0.2, 0.25) is 0 Å². The van der Waals surface area contributed by atoms with Gasteiger partial charge in [-0.15, -0.1) is 11.6 Å². The summed E-state index contributed by atoms with van der Waals surface area (Å²) in [6.07, 6.45) is 1.09. The Morgan fingerprint density at radius 3 is 2.52 bits per heavy atom. The summed E-state index contributed by atoms with van der Waals surface area (Å²) in [7, 11) is -2.64. The molecule has 0 aliphatic carbocycles. The van der Waals surface area contributed by atoms with Gasteiger partial charge in [0.1, 0.15) is 10.7 Å². The predicted molar refractivity (Wildman–Crippen MR) is 74.7 cm³/mol. The van der Waals surface area contributed by atoms with Gasteiger partial charge in [-0.25, -0.2) is 17.2 Å². The molecule has 1 aliphatic heterocycles. The summed E-state index contributed by atoms with van der Waals surface area (Å²) in [5, 5.41) is 0. The number of nitrogens with zero attached hydrogens (tertiary/aromatic N) is 1. The van der Waals surface area contributed by atoms with Gasteiger partial charge in [-0.3, -0.25) is 0 Å². The van der Waals surface area contributed by atoms with E-state index in [1.165, 1.54) is 7.05 Å². The molecule has 0 amide bonds. The third-order valence-electron chi connectivity index (χ3n) is 3.65. The molecule has 118 valence electrons. The molecule has 0 atom stereocenters. The number of alkyl halides is 1. The standard InChI is InChI=1S/C13H16ClF2NO3S/c1-17(9-4-6-20-7-5-9)21(18,19)12-3-2-11(15)10(8-14)13(12)16/h2-3,9H,4-8H2,1H3. The van der Waals surface area contributed by atoms with Crippen molar-refractivity contribution in [3.8, 4) is 0 Å². The quantitative estimate of drug-likeness (QED) is 0.792. The molecule has 0 saturated carbocycles. The van der Waals surface area contributed by atoms with Crippen LogP contribution in [0.25, 0.3) is 0 Å². The molecule has 1 saturated heterocycles. The first-order valence-corrected chi connectivity index (χ1v) is 8.45. The number of hydrogen-bond acceptors (Lipinski definition) is 3. The number of hydrogen-bond donors (Lipinski definition) is 0. The third kappa shape index (κ3) is 3.21. The maximum atomic E-state index is 14.2. The number of benzene rings is 1. The van der Waals surface area contributed by atoms with Crippen LogP contribution in [0, 0.1) is 11.6 Å². The van der Waals surface area contributed by atoms with E-state index in [0.717, 1.165) is 16.4 Å². The summed E-state index contributed by atoms with van der Waals surface area (Å²) in [6.45, 7) is 0.923. The minimum absolute atomic E-state index is 0.257. The molecule has 1 heterocycles. The molecule has 2 rings (SSSR count). The average molecular weight is 340 g/mol. The van der Waals surface area contributed by atoms with Gasteiger partial charge < -0.3 is 4.74 Å². The molecule has 0 bridgehead atoms. The van der Waals surface area contributed by atoms with Crippen molar-refractivity contribution in [1.82, 2.24) is 4.31 Å². The van der Waals surface area contributed by atoms with Crippen molar-refractivity contribution in [1.29, 1.82) is 0 Å². The SMILES string of the molecule is CN(C1CCOCC1)S(=O)(=O)c1ccc(F)c(CCl)c1F. The van der Waals surface area contributed by atoms with Gasteiger partial charge in [0.25, 0.3) is 0 Å². The summed E-state index contributed by atoms with van der Waals surface area (Å²) in [4.78, 5) is -0.548. The minimum atomic E-state index is -4.04. The third-order valence-corrected chi connectivity index (χ3v) is 5.84. The molecule has 1 aliphatic rings. The van der Waals surface area contributed by atoms with E-state index in [1.54, 1.807) is 0 Å².